The molecule has 1 amide bonds. The minimum atomic E-state index is -0.522. The van der Waals surface area contributed by atoms with Gasteiger partial charge in [0.1, 0.15) is 12.2 Å². The minimum absolute atomic E-state index is 0.0214. The molecule has 10 nitrogen and oxygen atoms in total. The number of anilines is 3. The fourth-order valence-electron chi connectivity index (χ4n) is 3.76. The van der Waals surface area contributed by atoms with E-state index in [1.807, 2.05) is 20.8 Å². The third-order valence-corrected chi connectivity index (χ3v) is 5.52. The number of likely N-dealkylation sites (N-methyl/N-ethyl adjacent to an activating group) is 1. The number of hydrogen-bond acceptors (Lipinski definition) is 9. The van der Waals surface area contributed by atoms with Crippen molar-refractivity contribution in [3.8, 4) is 5.75 Å². The fraction of sp³-hybridized carbons (Fsp3) is 0.737. The van der Waals surface area contributed by atoms with Gasteiger partial charge in [-0.2, -0.15) is 9.97 Å². The molecule has 0 bridgehead atoms. The van der Waals surface area contributed by atoms with Crippen LogP contribution in [0, 0.1) is 5.92 Å². The number of nitrogens with one attached hydrogen (secondary N) is 1. The van der Waals surface area contributed by atoms with Gasteiger partial charge >= 0.3 is 6.09 Å². The van der Waals surface area contributed by atoms with E-state index >= 15 is 0 Å². The summed E-state index contributed by atoms with van der Waals surface area (Å²) in [6.45, 7) is 8.96. The lowest BCUT2D eigenvalue weighted by Gasteiger charge is -2.37. The zero-order valence-electron chi connectivity index (χ0n) is 17.5. The monoisotopic (exact) mass is 406 g/mol. The topological polar surface area (TPSA) is 115 Å². The number of ether oxygens (including phenoxy) is 3. The molecular formula is C19H30N6O4. The fourth-order valence-corrected chi connectivity index (χ4v) is 3.76. The van der Waals surface area contributed by atoms with Crippen LogP contribution in [0.3, 0.4) is 0 Å². The number of fused-ring (bicyclic) bond motifs is 1. The minimum Gasteiger partial charge on any atom is -0.484 e. The van der Waals surface area contributed by atoms with Gasteiger partial charge in [-0.05, 0) is 27.2 Å². The summed E-state index contributed by atoms with van der Waals surface area (Å²) in [6, 6.07) is 0.177. The molecule has 0 aromatic carbocycles. The van der Waals surface area contributed by atoms with Crippen molar-refractivity contribution in [2.75, 3.05) is 55.9 Å². The van der Waals surface area contributed by atoms with Crippen molar-refractivity contribution < 1.29 is 19.0 Å². The van der Waals surface area contributed by atoms with E-state index in [1.165, 1.54) is 0 Å². The maximum absolute atomic E-state index is 12.4. The smallest absolute Gasteiger partial charge is 0.410 e. The summed E-state index contributed by atoms with van der Waals surface area (Å²) in [7, 11) is 1.77. The third kappa shape index (κ3) is 4.12. The van der Waals surface area contributed by atoms with Crippen LogP contribution in [0.1, 0.15) is 27.2 Å². The van der Waals surface area contributed by atoms with Crippen LogP contribution < -0.4 is 20.7 Å². The van der Waals surface area contributed by atoms with Crippen LogP contribution in [0.2, 0.25) is 0 Å². The van der Waals surface area contributed by atoms with E-state index < -0.39 is 5.60 Å². The second-order valence-corrected chi connectivity index (χ2v) is 8.92. The molecular weight excluding hydrogens is 376 g/mol. The van der Waals surface area contributed by atoms with E-state index in [2.05, 4.69) is 20.2 Å². The zero-order valence-corrected chi connectivity index (χ0v) is 17.5. The summed E-state index contributed by atoms with van der Waals surface area (Å²) >= 11 is 0. The van der Waals surface area contributed by atoms with Crippen molar-refractivity contribution >= 4 is 23.7 Å². The van der Waals surface area contributed by atoms with Gasteiger partial charge in [-0.3, -0.25) is 0 Å². The van der Waals surface area contributed by atoms with Crippen LogP contribution in [-0.2, 0) is 9.47 Å². The molecule has 2 fully saturated rings. The molecule has 2 atom stereocenters. The van der Waals surface area contributed by atoms with Gasteiger partial charge in [0, 0.05) is 26.1 Å². The van der Waals surface area contributed by atoms with Gasteiger partial charge in [0.05, 0.1) is 25.3 Å². The summed E-state index contributed by atoms with van der Waals surface area (Å²) in [4.78, 5) is 24.9. The molecule has 3 aliphatic rings. The van der Waals surface area contributed by atoms with Gasteiger partial charge < -0.3 is 35.1 Å². The number of nitrogen functional groups attached to an aromatic ring is 1. The molecule has 0 radical (unpaired) electrons. The number of nitrogens with two attached hydrogens (primary N) is 1. The van der Waals surface area contributed by atoms with Crippen LogP contribution in [0.15, 0.2) is 0 Å². The quantitative estimate of drug-likeness (QED) is 0.767. The number of amides is 1. The molecule has 2 saturated heterocycles. The highest BCUT2D eigenvalue weighted by Crippen LogP contribution is 2.39. The van der Waals surface area contributed by atoms with E-state index in [-0.39, 0.29) is 24.1 Å². The Kier molecular flexibility index (Phi) is 5.05. The third-order valence-electron chi connectivity index (χ3n) is 5.52. The number of nitrogens with zero attached hydrogens (tertiary/aromatic N) is 4. The molecule has 10 heteroatoms. The molecule has 0 aliphatic carbocycles. The lowest BCUT2D eigenvalue weighted by molar-refractivity contribution is -0.0471. The van der Waals surface area contributed by atoms with Crippen molar-refractivity contribution in [3.63, 3.8) is 0 Å². The molecule has 3 aliphatic heterocycles. The van der Waals surface area contributed by atoms with Crippen molar-refractivity contribution in [2.24, 2.45) is 5.92 Å². The maximum atomic E-state index is 12.4. The molecule has 3 N–H and O–H groups in total. The predicted molar refractivity (Wildman–Crippen MR) is 108 cm³/mol. The van der Waals surface area contributed by atoms with Crippen LogP contribution >= 0.6 is 0 Å². The summed E-state index contributed by atoms with van der Waals surface area (Å²) in [5, 5.41) is 3.43. The van der Waals surface area contributed by atoms with Gasteiger partial charge in [-0.15, -0.1) is 0 Å². The lowest BCUT2D eigenvalue weighted by atomic mass is 9.98. The lowest BCUT2D eigenvalue weighted by Crippen LogP contribution is -2.47. The van der Waals surface area contributed by atoms with E-state index in [0.29, 0.717) is 36.5 Å². The second-order valence-electron chi connectivity index (χ2n) is 8.92. The van der Waals surface area contributed by atoms with Crippen molar-refractivity contribution in [3.05, 3.63) is 0 Å². The number of aromatic nitrogens is 2. The van der Waals surface area contributed by atoms with Crippen molar-refractivity contribution in [1.82, 2.24) is 14.9 Å². The van der Waals surface area contributed by atoms with Crippen LogP contribution in [0.5, 0.6) is 5.75 Å². The molecule has 29 heavy (non-hydrogen) atoms. The number of hydrogen-bond donors (Lipinski definition) is 2. The average molecular weight is 406 g/mol. The molecule has 4 rings (SSSR count). The van der Waals surface area contributed by atoms with Crippen molar-refractivity contribution in [2.45, 2.75) is 44.9 Å². The van der Waals surface area contributed by atoms with Gasteiger partial charge in [0.2, 0.25) is 11.7 Å². The highest BCUT2D eigenvalue weighted by molar-refractivity contribution is 5.70. The second kappa shape index (κ2) is 7.40. The summed E-state index contributed by atoms with van der Waals surface area (Å²) in [5.74, 6) is 2.53. The number of carbonyl (C=O) groups is 1. The molecule has 0 spiro atoms. The van der Waals surface area contributed by atoms with E-state index in [1.54, 1.807) is 11.9 Å². The first-order valence-corrected chi connectivity index (χ1v) is 10.1. The molecule has 1 aromatic heterocycles. The first kappa shape index (κ1) is 19.8. The molecule has 1 unspecified atom stereocenters. The first-order chi connectivity index (χ1) is 13.7. The molecule has 4 heterocycles. The maximum Gasteiger partial charge on any atom is 0.410 e. The van der Waals surface area contributed by atoms with Crippen molar-refractivity contribution in [1.29, 1.82) is 0 Å². The normalized spacial score (nSPS) is 24.2. The number of carbonyl (C=O) groups excluding carboxylic acids is 1. The van der Waals surface area contributed by atoms with E-state index in [0.717, 1.165) is 26.2 Å². The van der Waals surface area contributed by atoms with Gasteiger partial charge in [-0.25, -0.2) is 4.79 Å². The summed E-state index contributed by atoms with van der Waals surface area (Å²) in [6.07, 6.45) is 0.487. The first-order valence-electron chi connectivity index (χ1n) is 10.1. The predicted octanol–water partition coefficient (Wildman–Crippen LogP) is 1.32. The Morgan fingerprint density at radius 3 is 2.72 bits per heavy atom. The Hall–Kier alpha value is -2.49. The largest absolute Gasteiger partial charge is 0.484 e. The van der Waals surface area contributed by atoms with Gasteiger partial charge in [0.25, 0.3) is 0 Å². The highest BCUT2D eigenvalue weighted by atomic mass is 16.6. The molecule has 0 saturated carbocycles. The Morgan fingerprint density at radius 1 is 1.31 bits per heavy atom. The summed E-state index contributed by atoms with van der Waals surface area (Å²) in [5.41, 5.74) is 5.45. The molecule has 1 aromatic rings. The summed E-state index contributed by atoms with van der Waals surface area (Å²) < 4.78 is 16.8. The van der Waals surface area contributed by atoms with Crippen LogP contribution in [-0.4, -0.2) is 78.6 Å². The Bertz CT molecular complexity index is 779. The Balaban J connectivity index is 1.47. The molecule has 160 valence electrons. The average Bonchev–Trinajstić information content (AvgIpc) is 3.06. The standard InChI is InChI=1S/C19H30N6O4/c1-19(2,3)29-18(26)24(4)12-5-6-25(7-12)16-14-15(22-17(20)23-16)21-13(10-28-14)11-8-27-9-11/h11-13H,5-10H2,1-4H3,(H3,20,21,22,23)/t12-,13?/m1/s1. The van der Waals surface area contributed by atoms with E-state index in [4.69, 9.17) is 19.9 Å². The van der Waals surface area contributed by atoms with Crippen LogP contribution in [0.25, 0.3) is 0 Å². The van der Waals surface area contributed by atoms with E-state index in [9.17, 15) is 4.79 Å². The number of rotatable bonds is 3. The van der Waals surface area contributed by atoms with Crippen LogP contribution in [0.4, 0.5) is 22.4 Å². The van der Waals surface area contributed by atoms with Gasteiger partial charge in [-0.1, -0.05) is 0 Å². The Labute approximate surface area is 170 Å². The Morgan fingerprint density at radius 2 is 2.07 bits per heavy atom. The zero-order chi connectivity index (χ0) is 20.8. The SMILES string of the molecule is CN(C(=O)OC(C)(C)C)[C@@H]1CCN(c2nc(N)nc3c2OCC(C2COC2)N3)C1. The highest BCUT2D eigenvalue weighted by Gasteiger charge is 2.37. The van der Waals surface area contributed by atoms with Gasteiger partial charge in [0.15, 0.2) is 11.6 Å².